The minimum Gasteiger partial charge on any atom is -0.302 e. The van der Waals surface area contributed by atoms with E-state index in [2.05, 4.69) is 16.8 Å². The van der Waals surface area contributed by atoms with Gasteiger partial charge in [-0.25, -0.2) is 4.98 Å². The number of carbonyl (C=O) groups is 1. The van der Waals surface area contributed by atoms with Crippen LogP contribution in [0.2, 0.25) is 5.02 Å². The van der Waals surface area contributed by atoms with Crippen LogP contribution in [0.4, 0.5) is 5.69 Å². The number of nitrogens with zero attached hydrogens (tertiary/aromatic N) is 2. The molecule has 1 aromatic rings. The van der Waals surface area contributed by atoms with Gasteiger partial charge in [0, 0.05) is 12.3 Å². The van der Waals surface area contributed by atoms with Gasteiger partial charge in [0.2, 0.25) is 0 Å². The molecule has 0 bridgehead atoms. The highest BCUT2D eigenvalue weighted by atomic mass is 35.5. The molecule has 0 atom stereocenters. The van der Waals surface area contributed by atoms with Gasteiger partial charge >= 0.3 is 5.69 Å². The van der Waals surface area contributed by atoms with Crippen LogP contribution in [-0.4, -0.2) is 16.2 Å². The predicted octanol–water partition coefficient (Wildman–Crippen LogP) is 1.58. The summed E-state index contributed by atoms with van der Waals surface area (Å²) in [5, 5.41) is 10.7. The zero-order valence-corrected chi connectivity index (χ0v) is 8.19. The van der Waals surface area contributed by atoms with Crippen LogP contribution < -0.4 is 0 Å². The molecule has 0 radical (unpaired) electrons. The molecule has 6 heteroatoms. The average molecular weight is 225 g/mol. The van der Waals surface area contributed by atoms with Crippen molar-refractivity contribution in [1.29, 1.82) is 0 Å². The Morgan fingerprint density at radius 1 is 1.67 bits per heavy atom. The van der Waals surface area contributed by atoms with Gasteiger partial charge in [-0.3, -0.25) is 10.1 Å². The standard InChI is InChI=1S/C9H5ClN2O3/c10-7-5-9(12(14)15)8(11-6-7)3-1-2-4-13/h4-6H,2H2. The SMILES string of the molecule is O=CCC#Cc1ncc(Cl)cc1[N+](=O)[O-]. The van der Waals surface area contributed by atoms with E-state index in [-0.39, 0.29) is 22.8 Å². The van der Waals surface area contributed by atoms with Crippen LogP contribution in [0.5, 0.6) is 0 Å². The highest BCUT2D eigenvalue weighted by Crippen LogP contribution is 2.19. The summed E-state index contributed by atoms with van der Waals surface area (Å²) in [5.41, 5.74) is -0.257. The van der Waals surface area contributed by atoms with E-state index in [4.69, 9.17) is 11.6 Å². The Hall–Kier alpha value is -1.93. The fraction of sp³-hybridized carbons (Fsp3) is 0.111. The lowest BCUT2D eigenvalue weighted by molar-refractivity contribution is -0.385. The highest BCUT2D eigenvalue weighted by molar-refractivity contribution is 6.30. The van der Waals surface area contributed by atoms with Crippen molar-refractivity contribution in [1.82, 2.24) is 4.98 Å². The molecule has 1 rings (SSSR count). The van der Waals surface area contributed by atoms with E-state index >= 15 is 0 Å². The molecule has 5 nitrogen and oxygen atoms in total. The number of rotatable bonds is 2. The summed E-state index contributed by atoms with van der Waals surface area (Å²) in [7, 11) is 0. The third-order valence-corrected chi connectivity index (χ3v) is 1.63. The van der Waals surface area contributed by atoms with Crippen LogP contribution in [0.3, 0.4) is 0 Å². The van der Waals surface area contributed by atoms with Gasteiger partial charge in [-0.1, -0.05) is 17.5 Å². The van der Waals surface area contributed by atoms with Crippen molar-refractivity contribution in [3.8, 4) is 11.8 Å². The van der Waals surface area contributed by atoms with E-state index in [1.807, 2.05) is 0 Å². The van der Waals surface area contributed by atoms with Crippen LogP contribution in [0.15, 0.2) is 12.3 Å². The molecule has 15 heavy (non-hydrogen) atoms. The molecule has 0 amide bonds. The number of halogens is 1. The van der Waals surface area contributed by atoms with E-state index in [0.717, 1.165) is 0 Å². The van der Waals surface area contributed by atoms with Crippen molar-refractivity contribution in [2.24, 2.45) is 0 Å². The predicted molar refractivity (Wildman–Crippen MR) is 53.5 cm³/mol. The number of pyridine rings is 1. The summed E-state index contributed by atoms with van der Waals surface area (Å²) in [5.74, 6) is 4.87. The van der Waals surface area contributed by atoms with Crippen LogP contribution >= 0.6 is 11.6 Å². The molecule has 1 aromatic heterocycles. The molecule has 0 spiro atoms. The Morgan fingerprint density at radius 2 is 2.40 bits per heavy atom. The summed E-state index contributed by atoms with van der Waals surface area (Å²) in [4.78, 5) is 23.7. The fourth-order valence-electron chi connectivity index (χ4n) is 0.840. The minimum atomic E-state index is -0.621. The molecule has 0 aliphatic heterocycles. The topological polar surface area (TPSA) is 73.1 Å². The van der Waals surface area contributed by atoms with Gasteiger partial charge in [0.05, 0.1) is 16.4 Å². The summed E-state index contributed by atoms with van der Waals surface area (Å²) in [6.07, 6.45) is 1.88. The monoisotopic (exact) mass is 224 g/mol. The first-order chi connectivity index (χ1) is 7.15. The first kappa shape index (κ1) is 11.1. The van der Waals surface area contributed by atoms with Crippen molar-refractivity contribution in [3.63, 3.8) is 0 Å². The summed E-state index contributed by atoms with van der Waals surface area (Å²) >= 11 is 5.55. The third-order valence-electron chi connectivity index (χ3n) is 1.42. The number of hydrogen-bond donors (Lipinski definition) is 0. The van der Waals surface area contributed by atoms with Crippen molar-refractivity contribution >= 4 is 23.6 Å². The van der Waals surface area contributed by atoms with Crippen LogP contribution in [0, 0.1) is 22.0 Å². The van der Waals surface area contributed by atoms with Gasteiger partial charge in [0.15, 0.2) is 5.69 Å². The Balaban J connectivity index is 3.13. The van der Waals surface area contributed by atoms with Crippen molar-refractivity contribution < 1.29 is 9.72 Å². The van der Waals surface area contributed by atoms with E-state index in [1.165, 1.54) is 12.3 Å². The van der Waals surface area contributed by atoms with Crippen LogP contribution in [-0.2, 0) is 4.79 Å². The van der Waals surface area contributed by atoms with Gasteiger partial charge in [0.1, 0.15) is 6.29 Å². The van der Waals surface area contributed by atoms with E-state index < -0.39 is 4.92 Å². The second kappa shape index (κ2) is 5.08. The Labute approximate surface area is 90.2 Å². The second-order valence-electron chi connectivity index (χ2n) is 2.45. The molecule has 0 aliphatic carbocycles. The van der Waals surface area contributed by atoms with Crippen molar-refractivity contribution in [3.05, 3.63) is 33.1 Å². The van der Waals surface area contributed by atoms with Crippen molar-refractivity contribution in [2.75, 3.05) is 0 Å². The maximum atomic E-state index is 10.6. The smallest absolute Gasteiger partial charge is 0.302 e. The normalized spacial score (nSPS) is 8.87. The number of aldehydes is 1. The van der Waals surface area contributed by atoms with Gasteiger partial charge in [0.25, 0.3) is 0 Å². The summed E-state index contributed by atoms with van der Waals surface area (Å²) in [6, 6.07) is 1.17. The highest BCUT2D eigenvalue weighted by Gasteiger charge is 2.13. The molecular formula is C9H5ClN2O3. The van der Waals surface area contributed by atoms with E-state index in [1.54, 1.807) is 0 Å². The number of hydrogen-bond acceptors (Lipinski definition) is 4. The van der Waals surface area contributed by atoms with Crippen LogP contribution in [0.1, 0.15) is 12.1 Å². The lowest BCUT2D eigenvalue weighted by atomic mass is 10.3. The zero-order valence-electron chi connectivity index (χ0n) is 7.44. The van der Waals surface area contributed by atoms with Gasteiger partial charge < -0.3 is 4.79 Å². The zero-order chi connectivity index (χ0) is 11.3. The molecule has 0 saturated heterocycles. The van der Waals surface area contributed by atoms with Gasteiger partial charge in [-0.05, 0) is 5.92 Å². The Morgan fingerprint density at radius 3 is 3.00 bits per heavy atom. The molecule has 0 fully saturated rings. The first-order valence-corrected chi connectivity index (χ1v) is 4.25. The quantitative estimate of drug-likeness (QED) is 0.331. The number of nitro groups is 1. The maximum Gasteiger partial charge on any atom is 0.304 e. The molecule has 0 aliphatic rings. The molecule has 0 aromatic carbocycles. The molecule has 0 saturated carbocycles. The number of aromatic nitrogens is 1. The molecule has 76 valence electrons. The van der Waals surface area contributed by atoms with Gasteiger partial charge in [-0.2, -0.15) is 0 Å². The largest absolute Gasteiger partial charge is 0.304 e. The Kier molecular flexibility index (Phi) is 3.77. The second-order valence-corrected chi connectivity index (χ2v) is 2.89. The summed E-state index contributed by atoms with van der Waals surface area (Å²) < 4.78 is 0. The first-order valence-electron chi connectivity index (χ1n) is 3.87. The molecule has 0 unspecified atom stereocenters. The lowest BCUT2D eigenvalue weighted by Gasteiger charge is -1.94. The third kappa shape index (κ3) is 3.04. The van der Waals surface area contributed by atoms with E-state index in [0.29, 0.717) is 6.29 Å². The fourth-order valence-corrected chi connectivity index (χ4v) is 0.993. The average Bonchev–Trinajstić information content (AvgIpc) is 2.20. The van der Waals surface area contributed by atoms with Gasteiger partial charge in [-0.15, -0.1) is 0 Å². The van der Waals surface area contributed by atoms with E-state index in [9.17, 15) is 14.9 Å². The molecule has 1 heterocycles. The minimum absolute atomic E-state index is 0.00579. The maximum absolute atomic E-state index is 10.6. The molecular weight excluding hydrogens is 220 g/mol. The summed E-state index contributed by atoms with van der Waals surface area (Å²) in [6.45, 7) is 0. The molecule has 0 N–H and O–H groups in total. The van der Waals surface area contributed by atoms with Crippen molar-refractivity contribution in [2.45, 2.75) is 6.42 Å². The van der Waals surface area contributed by atoms with Crippen LogP contribution in [0.25, 0.3) is 0 Å². The number of carbonyl (C=O) groups excluding carboxylic acids is 1. The Bertz CT molecular complexity index is 462. The lowest BCUT2D eigenvalue weighted by Crippen LogP contribution is -1.94.